The highest BCUT2D eigenvalue weighted by atomic mass is 16.5. The number of aromatic hydroxyl groups is 1. The molecular weight excluding hydrogens is 274 g/mol. The molecule has 1 amide bonds. The summed E-state index contributed by atoms with van der Waals surface area (Å²) in [6.07, 6.45) is 2.85. The van der Waals surface area contributed by atoms with Crippen molar-refractivity contribution in [3.8, 4) is 11.5 Å². The van der Waals surface area contributed by atoms with Gasteiger partial charge in [0.2, 0.25) is 0 Å². The second kappa shape index (κ2) is 6.03. The summed E-state index contributed by atoms with van der Waals surface area (Å²) in [6.45, 7) is 0.0760. The Morgan fingerprint density at radius 2 is 2.00 bits per heavy atom. The topological polar surface area (TPSA) is 95.9 Å². The molecule has 2 rings (SSSR count). The van der Waals surface area contributed by atoms with Gasteiger partial charge in [0.15, 0.2) is 0 Å². The molecule has 1 aromatic rings. The summed E-state index contributed by atoms with van der Waals surface area (Å²) in [5.41, 5.74) is -0.771. The monoisotopic (exact) mass is 293 g/mol. The highest BCUT2D eigenvalue weighted by Gasteiger charge is 2.41. The van der Waals surface area contributed by atoms with E-state index < -0.39 is 17.3 Å². The molecule has 114 valence electrons. The minimum atomic E-state index is -0.877. The molecule has 0 aliphatic heterocycles. The van der Waals surface area contributed by atoms with E-state index in [2.05, 4.69) is 5.32 Å². The van der Waals surface area contributed by atoms with Gasteiger partial charge in [-0.25, -0.2) is 0 Å². The van der Waals surface area contributed by atoms with Crippen LogP contribution in [0.3, 0.4) is 0 Å². The second-order valence-corrected chi connectivity index (χ2v) is 5.36. The van der Waals surface area contributed by atoms with Crippen molar-refractivity contribution in [3.05, 3.63) is 23.8 Å². The Morgan fingerprint density at radius 3 is 2.52 bits per heavy atom. The number of methoxy groups -OCH3 is 1. The molecule has 1 saturated carbocycles. The molecule has 21 heavy (non-hydrogen) atoms. The van der Waals surface area contributed by atoms with E-state index >= 15 is 0 Å². The van der Waals surface area contributed by atoms with E-state index in [1.165, 1.54) is 19.2 Å². The second-order valence-electron chi connectivity index (χ2n) is 5.36. The Labute approximate surface area is 122 Å². The van der Waals surface area contributed by atoms with Crippen molar-refractivity contribution in [2.75, 3.05) is 13.7 Å². The van der Waals surface area contributed by atoms with Gasteiger partial charge in [-0.1, -0.05) is 12.8 Å². The summed E-state index contributed by atoms with van der Waals surface area (Å²) in [6, 6.07) is 4.36. The average molecular weight is 293 g/mol. The van der Waals surface area contributed by atoms with Crippen LogP contribution in [-0.2, 0) is 4.79 Å². The number of phenolic OH excluding ortho intramolecular Hbond substituents is 1. The van der Waals surface area contributed by atoms with Crippen LogP contribution in [0.2, 0.25) is 0 Å². The van der Waals surface area contributed by atoms with Crippen molar-refractivity contribution >= 4 is 11.9 Å². The molecule has 0 spiro atoms. The van der Waals surface area contributed by atoms with Crippen molar-refractivity contribution < 1.29 is 24.5 Å². The minimum Gasteiger partial charge on any atom is -0.507 e. The SMILES string of the molecule is COc1ccc(C(=O)NCC2(C(=O)O)CCCC2)c(O)c1. The van der Waals surface area contributed by atoms with Crippen LogP contribution in [0, 0.1) is 5.41 Å². The fourth-order valence-electron chi connectivity index (χ4n) is 2.69. The molecule has 1 aliphatic rings. The number of carbonyl (C=O) groups is 2. The zero-order valence-corrected chi connectivity index (χ0v) is 11.9. The van der Waals surface area contributed by atoms with E-state index in [9.17, 15) is 19.8 Å². The molecule has 1 fully saturated rings. The zero-order chi connectivity index (χ0) is 15.5. The van der Waals surface area contributed by atoms with Crippen LogP contribution in [0.4, 0.5) is 0 Å². The van der Waals surface area contributed by atoms with E-state index in [0.717, 1.165) is 12.8 Å². The molecule has 0 aromatic heterocycles. The fraction of sp³-hybridized carbons (Fsp3) is 0.467. The van der Waals surface area contributed by atoms with Gasteiger partial charge in [-0.15, -0.1) is 0 Å². The van der Waals surface area contributed by atoms with Crippen LogP contribution in [0.15, 0.2) is 18.2 Å². The van der Waals surface area contributed by atoms with E-state index in [-0.39, 0.29) is 17.9 Å². The maximum atomic E-state index is 12.1. The first-order valence-electron chi connectivity index (χ1n) is 6.87. The number of carboxylic acid groups (broad SMARTS) is 1. The highest BCUT2D eigenvalue weighted by Crippen LogP contribution is 2.37. The molecule has 1 aromatic carbocycles. The van der Waals surface area contributed by atoms with Gasteiger partial charge in [-0.2, -0.15) is 0 Å². The number of carbonyl (C=O) groups excluding carboxylic acids is 1. The van der Waals surface area contributed by atoms with Crippen molar-refractivity contribution in [3.63, 3.8) is 0 Å². The average Bonchev–Trinajstić information content (AvgIpc) is 2.94. The van der Waals surface area contributed by atoms with Gasteiger partial charge in [-0.05, 0) is 25.0 Å². The third-order valence-corrected chi connectivity index (χ3v) is 4.05. The lowest BCUT2D eigenvalue weighted by Gasteiger charge is -2.24. The van der Waals surface area contributed by atoms with Crippen LogP contribution in [-0.4, -0.2) is 35.7 Å². The Bertz CT molecular complexity index is 549. The standard InChI is InChI=1S/C15H19NO5/c1-21-10-4-5-11(12(17)8-10)13(18)16-9-15(14(19)20)6-2-3-7-15/h4-5,8,17H,2-3,6-7,9H2,1H3,(H,16,18)(H,19,20). The number of benzene rings is 1. The number of rotatable bonds is 5. The van der Waals surface area contributed by atoms with Crippen molar-refractivity contribution in [2.45, 2.75) is 25.7 Å². The van der Waals surface area contributed by atoms with Crippen LogP contribution >= 0.6 is 0 Å². The molecule has 0 heterocycles. The summed E-state index contributed by atoms with van der Waals surface area (Å²) in [5, 5.41) is 21.8. The van der Waals surface area contributed by atoms with E-state index in [4.69, 9.17) is 4.74 Å². The highest BCUT2D eigenvalue weighted by molar-refractivity contribution is 5.97. The van der Waals surface area contributed by atoms with E-state index in [1.54, 1.807) is 6.07 Å². The Morgan fingerprint density at radius 1 is 1.33 bits per heavy atom. The maximum absolute atomic E-state index is 12.1. The summed E-state index contributed by atoms with van der Waals surface area (Å²) >= 11 is 0. The largest absolute Gasteiger partial charge is 0.507 e. The molecule has 0 unspecified atom stereocenters. The first kappa shape index (κ1) is 15.2. The lowest BCUT2D eigenvalue weighted by atomic mass is 9.86. The molecule has 0 bridgehead atoms. The first-order valence-corrected chi connectivity index (χ1v) is 6.87. The van der Waals surface area contributed by atoms with Crippen LogP contribution in [0.25, 0.3) is 0 Å². The predicted molar refractivity (Wildman–Crippen MR) is 75.5 cm³/mol. The first-order chi connectivity index (χ1) is 9.98. The van der Waals surface area contributed by atoms with Gasteiger partial charge in [0, 0.05) is 12.6 Å². The van der Waals surface area contributed by atoms with Gasteiger partial charge >= 0.3 is 5.97 Å². The molecule has 1 aliphatic carbocycles. The smallest absolute Gasteiger partial charge is 0.311 e. The Kier molecular flexibility index (Phi) is 4.35. The van der Waals surface area contributed by atoms with Gasteiger partial charge in [-0.3, -0.25) is 9.59 Å². The summed E-state index contributed by atoms with van der Waals surface area (Å²) in [4.78, 5) is 23.5. The van der Waals surface area contributed by atoms with Crippen LogP contribution < -0.4 is 10.1 Å². The van der Waals surface area contributed by atoms with Crippen LogP contribution in [0.1, 0.15) is 36.0 Å². The molecule has 3 N–H and O–H groups in total. The third-order valence-electron chi connectivity index (χ3n) is 4.05. The number of amides is 1. The van der Waals surface area contributed by atoms with Gasteiger partial charge in [0.05, 0.1) is 18.1 Å². The van der Waals surface area contributed by atoms with Crippen molar-refractivity contribution in [2.24, 2.45) is 5.41 Å². The number of aliphatic carboxylic acids is 1. The molecule has 0 saturated heterocycles. The quantitative estimate of drug-likeness (QED) is 0.769. The minimum absolute atomic E-state index is 0.0760. The van der Waals surface area contributed by atoms with E-state index in [1.807, 2.05) is 0 Å². The Hall–Kier alpha value is -2.24. The van der Waals surface area contributed by atoms with Crippen molar-refractivity contribution in [1.82, 2.24) is 5.32 Å². The maximum Gasteiger partial charge on any atom is 0.311 e. The molecule has 0 atom stereocenters. The van der Waals surface area contributed by atoms with Gasteiger partial charge < -0.3 is 20.3 Å². The zero-order valence-electron chi connectivity index (χ0n) is 11.9. The lowest BCUT2D eigenvalue weighted by Crippen LogP contribution is -2.41. The molecule has 0 radical (unpaired) electrons. The summed E-state index contributed by atoms with van der Waals surface area (Å²) in [5.74, 6) is -1.11. The number of hydrogen-bond donors (Lipinski definition) is 3. The van der Waals surface area contributed by atoms with Crippen LogP contribution in [0.5, 0.6) is 11.5 Å². The summed E-state index contributed by atoms with van der Waals surface area (Å²) in [7, 11) is 1.46. The fourth-order valence-corrected chi connectivity index (χ4v) is 2.69. The normalized spacial score (nSPS) is 16.4. The Balaban J connectivity index is 2.06. The van der Waals surface area contributed by atoms with Gasteiger partial charge in [0.1, 0.15) is 11.5 Å². The van der Waals surface area contributed by atoms with Crippen molar-refractivity contribution in [1.29, 1.82) is 0 Å². The summed E-state index contributed by atoms with van der Waals surface area (Å²) < 4.78 is 4.95. The lowest BCUT2D eigenvalue weighted by molar-refractivity contribution is -0.148. The molecule has 6 heteroatoms. The van der Waals surface area contributed by atoms with E-state index in [0.29, 0.717) is 18.6 Å². The third kappa shape index (κ3) is 3.09. The molecular formula is C15H19NO5. The predicted octanol–water partition coefficient (Wildman–Crippen LogP) is 1.78. The number of carboxylic acids is 1. The number of ether oxygens (including phenoxy) is 1. The molecule has 6 nitrogen and oxygen atoms in total. The number of phenols is 1. The van der Waals surface area contributed by atoms with Gasteiger partial charge in [0.25, 0.3) is 5.91 Å². The number of hydrogen-bond acceptors (Lipinski definition) is 4. The number of nitrogens with one attached hydrogen (secondary N) is 1.